The highest BCUT2D eigenvalue weighted by atomic mass is 79.9. The molecule has 1 fully saturated rings. The molecule has 0 radical (unpaired) electrons. The zero-order chi connectivity index (χ0) is 13.1. The van der Waals surface area contributed by atoms with Crippen LogP contribution in [0.5, 0.6) is 0 Å². The van der Waals surface area contributed by atoms with Crippen LogP contribution in [0.4, 0.5) is 0 Å². The van der Waals surface area contributed by atoms with Gasteiger partial charge in [0, 0.05) is 28.3 Å². The minimum absolute atomic E-state index is 0.0447. The fourth-order valence-corrected chi connectivity index (χ4v) is 3.56. The monoisotopic (exact) mass is 332 g/mol. The molecule has 0 unspecified atom stereocenters. The van der Waals surface area contributed by atoms with Gasteiger partial charge in [-0.3, -0.25) is 4.79 Å². The number of likely N-dealkylation sites (N-methyl/N-ethyl adjacent to an activating group) is 1. The van der Waals surface area contributed by atoms with Gasteiger partial charge in [0.15, 0.2) is 0 Å². The van der Waals surface area contributed by atoms with Gasteiger partial charge < -0.3 is 15.4 Å². The van der Waals surface area contributed by atoms with E-state index in [1.54, 1.807) is 16.2 Å². The first-order valence-electron chi connectivity index (χ1n) is 5.93. The van der Waals surface area contributed by atoms with E-state index in [0.29, 0.717) is 13.1 Å². The minimum atomic E-state index is -0.313. The molecule has 1 amide bonds. The lowest BCUT2D eigenvalue weighted by atomic mass is 10.2. The molecule has 0 aromatic carbocycles. The molecule has 1 aliphatic rings. The number of ether oxygens (including phenoxy) is 1. The predicted octanol–water partition coefficient (Wildman–Crippen LogP) is 1.98. The number of nitrogens with two attached hydrogens (primary N) is 1. The third kappa shape index (κ3) is 3.32. The first-order chi connectivity index (χ1) is 8.60. The quantitative estimate of drug-likeness (QED) is 0.917. The van der Waals surface area contributed by atoms with Crippen molar-refractivity contribution in [3.8, 4) is 0 Å². The van der Waals surface area contributed by atoms with Gasteiger partial charge in [-0.25, -0.2) is 0 Å². The number of rotatable bonds is 4. The molecule has 0 aliphatic carbocycles. The number of thiophene rings is 1. The van der Waals surface area contributed by atoms with Gasteiger partial charge in [0.05, 0.1) is 12.6 Å². The third-order valence-corrected chi connectivity index (χ3v) is 4.72. The Labute approximate surface area is 119 Å². The summed E-state index contributed by atoms with van der Waals surface area (Å²) in [5.74, 6) is 0.0514. The van der Waals surface area contributed by atoms with E-state index < -0.39 is 0 Å². The average Bonchev–Trinajstić information content (AvgIpc) is 2.97. The molecule has 2 rings (SSSR count). The van der Waals surface area contributed by atoms with Gasteiger partial charge in [-0.15, -0.1) is 11.3 Å². The molecule has 0 spiro atoms. The first kappa shape index (κ1) is 14.0. The van der Waals surface area contributed by atoms with Crippen LogP contribution in [0.15, 0.2) is 15.9 Å². The molecule has 0 saturated carbocycles. The molecule has 100 valence electrons. The van der Waals surface area contributed by atoms with E-state index in [9.17, 15) is 4.79 Å². The highest BCUT2D eigenvalue weighted by Crippen LogP contribution is 2.23. The van der Waals surface area contributed by atoms with Crippen molar-refractivity contribution < 1.29 is 9.53 Å². The molecule has 4 nitrogen and oxygen atoms in total. The fraction of sp³-hybridized carbons (Fsp3) is 0.583. The summed E-state index contributed by atoms with van der Waals surface area (Å²) in [4.78, 5) is 15.1. The number of hydrogen-bond donors (Lipinski definition) is 1. The third-order valence-electron chi connectivity index (χ3n) is 3.04. The number of nitrogens with zero attached hydrogens (tertiary/aromatic N) is 1. The van der Waals surface area contributed by atoms with Crippen LogP contribution in [0.1, 0.15) is 17.7 Å². The minimum Gasteiger partial charge on any atom is -0.364 e. The number of hydrogen-bond acceptors (Lipinski definition) is 4. The second-order valence-electron chi connectivity index (χ2n) is 4.49. The van der Waals surface area contributed by atoms with Gasteiger partial charge in [-0.05, 0) is 34.8 Å². The van der Waals surface area contributed by atoms with Crippen LogP contribution in [-0.4, -0.2) is 36.6 Å². The molecule has 1 aromatic heterocycles. The van der Waals surface area contributed by atoms with Gasteiger partial charge in [-0.2, -0.15) is 0 Å². The average molecular weight is 333 g/mol. The molecular formula is C12H17BrN2O2S. The summed E-state index contributed by atoms with van der Waals surface area (Å²) in [6.07, 6.45) is 1.39. The van der Waals surface area contributed by atoms with Crippen molar-refractivity contribution in [1.82, 2.24) is 4.90 Å². The number of amides is 1. The van der Waals surface area contributed by atoms with Crippen LogP contribution in [0, 0.1) is 0 Å². The van der Waals surface area contributed by atoms with E-state index in [1.165, 1.54) is 0 Å². The Hall–Kier alpha value is -0.430. The van der Waals surface area contributed by atoms with Crippen molar-refractivity contribution in [2.45, 2.75) is 31.6 Å². The van der Waals surface area contributed by atoms with Gasteiger partial charge in [-0.1, -0.05) is 0 Å². The molecule has 1 aliphatic heterocycles. The van der Waals surface area contributed by atoms with Crippen molar-refractivity contribution >= 4 is 33.2 Å². The summed E-state index contributed by atoms with van der Waals surface area (Å²) in [6.45, 7) is 1.12. The Balaban J connectivity index is 1.89. The fourth-order valence-electron chi connectivity index (χ4n) is 2.05. The van der Waals surface area contributed by atoms with Crippen molar-refractivity contribution in [3.63, 3.8) is 0 Å². The van der Waals surface area contributed by atoms with Crippen molar-refractivity contribution in [2.24, 2.45) is 5.73 Å². The molecule has 6 heteroatoms. The summed E-state index contributed by atoms with van der Waals surface area (Å²) in [7, 11) is 1.81. The maximum Gasteiger partial charge on any atom is 0.251 e. The van der Waals surface area contributed by atoms with Gasteiger partial charge in [0.2, 0.25) is 0 Å². The molecular weight excluding hydrogens is 316 g/mol. The molecule has 2 N–H and O–H groups in total. The van der Waals surface area contributed by atoms with E-state index >= 15 is 0 Å². The maximum atomic E-state index is 12.2. The Kier molecular flexibility index (Phi) is 4.77. The van der Waals surface area contributed by atoms with Crippen molar-refractivity contribution in [1.29, 1.82) is 0 Å². The van der Waals surface area contributed by atoms with E-state index in [1.807, 2.05) is 18.5 Å². The maximum absolute atomic E-state index is 12.2. The molecule has 18 heavy (non-hydrogen) atoms. The summed E-state index contributed by atoms with van der Waals surface area (Å²) in [6, 6.07) is 2.03. The van der Waals surface area contributed by atoms with E-state index in [-0.39, 0.29) is 18.1 Å². The van der Waals surface area contributed by atoms with Gasteiger partial charge in [0.1, 0.15) is 6.10 Å². The highest BCUT2D eigenvalue weighted by Gasteiger charge is 2.31. The van der Waals surface area contributed by atoms with Crippen molar-refractivity contribution in [2.75, 3.05) is 13.6 Å². The van der Waals surface area contributed by atoms with E-state index in [2.05, 4.69) is 15.9 Å². The topological polar surface area (TPSA) is 55.6 Å². The van der Waals surface area contributed by atoms with Crippen LogP contribution < -0.4 is 5.73 Å². The Bertz CT molecular complexity index is 424. The number of carbonyl (C=O) groups is 1. The zero-order valence-electron chi connectivity index (χ0n) is 10.3. The van der Waals surface area contributed by atoms with Crippen molar-refractivity contribution in [3.05, 3.63) is 20.8 Å². The van der Waals surface area contributed by atoms with Crippen LogP contribution in [0.25, 0.3) is 0 Å². The summed E-state index contributed by atoms with van der Waals surface area (Å²) < 4.78 is 6.67. The lowest BCUT2D eigenvalue weighted by molar-refractivity contribution is -0.141. The predicted molar refractivity (Wildman–Crippen MR) is 75.4 cm³/mol. The standard InChI is InChI=1S/C12H17BrN2O2S/c1-15(6-10-4-8(13)7-18-10)12(16)11-3-2-9(5-14)17-11/h4,7,9,11H,2-3,5-6,14H2,1H3/t9-,11+/m1/s1. The van der Waals surface area contributed by atoms with Crippen LogP contribution in [-0.2, 0) is 16.1 Å². The molecule has 1 saturated heterocycles. The summed E-state index contributed by atoms with van der Waals surface area (Å²) in [5, 5.41) is 2.02. The molecule has 2 heterocycles. The van der Waals surface area contributed by atoms with Crippen LogP contribution >= 0.6 is 27.3 Å². The lowest BCUT2D eigenvalue weighted by Crippen LogP contribution is -2.36. The second-order valence-corrected chi connectivity index (χ2v) is 6.40. The Morgan fingerprint density at radius 3 is 3.00 bits per heavy atom. The summed E-state index contributed by atoms with van der Waals surface area (Å²) >= 11 is 5.05. The second kappa shape index (κ2) is 6.14. The van der Waals surface area contributed by atoms with Gasteiger partial charge in [0.25, 0.3) is 5.91 Å². The Morgan fingerprint density at radius 2 is 2.44 bits per heavy atom. The SMILES string of the molecule is CN(Cc1cc(Br)cs1)C(=O)[C@@H]1CC[C@H](CN)O1. The molecule has 1 aromatic rings. The summed E-state index contributed by atoms with van der Waals surface area (Å²) in [5.41, 5.74) is 5.55. The molecule has 2 atom stereocenters. The highest BCUT2D eigenvalue weighted by molar-refractivity contribution is 9.10. The normalized spacial score (nSPS) is 23.3. The number of carbonyl (C=O) groups excluding carboxylic acids is 1. The lowest BCUT2D eigenvalue weighted by Gasteiger charge is -2.20. The van der Waals surface area contributed by atoms with Crippen LogP contribution in [0.3, 0.4) is 0 Å². The Morgan fingerprint density at radius 1 is 1.67 bits per heavy atom. The van der Waals surface area contributed by atoms with Gasteiger partial charge >= 0.3 is 0 Å². The van der Waals surface area contributed by atoms with Crippen LogP contribution in [0.2, 0.25) is 0 Å². The van der Waals surface area contributed by atoms with E-state index in [0.717, 1.165) is 22.2 Å². The number of halogens is 1. The van der Waals surface area contributed by atoms with E-state index in [4.69, 9.17) is 10.5 Å². The first-order valence-corrected chi connectivity index (χ1v) is 7.61. The zero-order valence-corrected chi connectivity index (χ0v) is 12.7. The smallest absolute Gasteiger partial charge is 0.251 e. The largest absolute Gasteiger partial charge is 0.364 e. The molecule has 0 bridgehead atoms.